The van der Waals surface area contributed by atoms with E-state index in [1.807, 2.05) is 25.1 Å². The number of ether oxygens (including phenoxy) is 2. The van der Waals surface area contributed by atoms with Crippen molar-refractivity contribution in [3.63, 3.8) is 0 Å². The Hall–Kier alpha value is -1.75. The van der Waals surface area contributed by atoms with Gasteiger partial charge in [0.25, 0.3) is 5.91 Å². The lowest BCUT2D eigenvalue weighted by atomic mass is 10.1. The Morgan fingerprint density at radius 3 is 2.48 bits per heavy atom. The Kier molecular flexibility index (Phi) is 8.28. The van der Waals surface area contributed by atoms with Gasteiger partial charge in [0.05, 0.1) is 6.61 Å². The Labute approximate surface area is 126 Å². The van der Waals surface area contributed by atoms with Crippen LogP contribution >= 0.6 is 0 Å². The van der Waals surface area contributed by atoms with E-state index in [0.29, 0.717) is 24.7 Å². The van der Waals surface area contributed by atoms with Crippen LogP contribution < -0.4 is 20.5 Å². The molecule has 1 aromatic carbocycles. The molecule has 0 fully saturated rings. The van der Waals surface area contributed by atoms with Crippen molar-refractivity contribution in [1.82, 2.24) is 5.32 Å². The van der Waals surface area contributed by atoms with E-state index < -0.39 is 0 Å². The lowest BCUT2D eigenvalue weighted by Gasteiger charge is -2.17. The molecule has 0 radical (unpaired) electrons. The largest absolute Gasteiger partial charge is 0.490 e. The van der Waals surface area contributed by atoms with E-state index in [-0.39, 0.29) is 18.6 Å². The number of carbonyl (C=O) groups excluding carboxylic acids is 1. The van der Waals surface area contributed by atoms with Crippen molar-refractivity contribution >= 4 is 5.91 Å². The van der Waals surface area contributed by atoms with Gasteiger partial charge in [-0.3, -0.25) is 4.79 Å². The highest BCUT2D eigenvalue weighted by molar-refractivity contribution is 5.78. The number of para-hydroxylation sites is 2. The quantitative estimate of drug-likeness (QED) is 0.693. The number of hydrogen-bond acceptors (Lipinski definition) is 4. The monoisotopic (exact) mass is 294 g/mol. The predicted octanol–water partition coefficient (Wildman–Crippen LogP) is 2.10. The molecular weight excluding hydrogens is 268 g/mol. The minimum atomic E-state index is -0.159. The number of carbonyl (C=O) groups is 1. The van der Waals surface area contributed by atoms with Crippen LogP contribution in [0.1, 0.15) is 33.1 Å². The summed E-state index contributed by atoms with van der Waals surface area (Å²) in [6.07, 6.45) is 3.04. The van der Waals surface area contributed by atoms with Gasteiger partial charge in [0.15, 0.2) is 18.1 Å². The molecule has 0 aliphatic heterocycles. The van der Waals surface area contributed by atoms with Gasteiger partial charge in [-0.1, -0.05) is 31.9 Å². The smallest absolute Gasteiger partial charge is 0.258 e. The summed E-state index contributed by atoms with van der Waals surface area (Å²) in [5.41, 5.74) is 5.66. The van der Waals surface area contributed by atoms with E-state index in [1.165, 1.54) is 0 Å². The van der Waals surface area contributed by atoms with E-state index in [4.69, 9.17) is 15.2 Å². The predicted molar refractivity (Wildman–Crippen MR) is 83.6 cm³/mol. The van der Waals surface area contributed by atoms with Gasteiger partial charge in [-0.15, -0.1) is 0 Å². The Morgan fingerprint density at radius 2 is 1.90 bits per heavy atom. The molecule has 0 aromatic heterocycles. The molecule has 0 bridgehead atoms. The van der Waals surface area contributed by atoms with Crippen molar-refractivity contribution in [3.05, 3.63) is 24.3 Å². The maximum Gasteiger partial charge on any atom is 0.258 e. The average molecular weight is 294 g/mol. The van der Waals surface area contributed by atoms with Gasteiger partial charge < -0.3 is 20.5 Å². The van der Waals surface area contributed by atoms with Crippen LogP contribution in [0.25, 0.3) is 0 Å². The highest BCUT2D eigenvalue weighted by atomic mass is 16.5. The van der Waals surface area contributed by atoms with Crippen LogP contribution in [0.4, 0.5) is 0 Å². The molecule has 1 atom stereocenters. The molecule has 0 heterocycles. The second-order valence-electron chi connectivity index (χ2n) is 4.81. The molecule has 118 valence electrons. The first-order chi connectivity index (χ1) is 10.2. The Balaban J connectivity index is 2.45. The first-order valence-electron chi connectivity index (χ1n) is 7.55. The SMILES string of the molecule is CCCCC(CN)NC(=O)COc1ccccc1OCC. The zero-order valence-corrected chi connectivity index (χ0v) is 12.9. The van der Waals surface area contributed by atoms with E-state index in [0.717, 1.165) is 19.3 Å². The van der Waals surface area contributed by atoms with E-state index >= 15 is 0 Å². The average Bonchev–Trinajstić information content (AvgIpc) is 2.50. The molecule has 0 aliphatic carbocycles. The van der Waals surface area contributed by atoms with Crippen molar-refractivity contribution in [2.75, 3.05) is 19.8 Å². The van der Waals surface area contributed by atoms with Crippen LogP contribution in [0.2, 0.25) is 0 Å². The molecule has 0 spiro atoms. The highest BCUT2D eigenvalue weighted by Crippen LogP contribution is 2.26. The number of benzene rings is 1. The fraction of sp³-hybridized carbons (Fsp3) is 0.562. The zero-order chi connectivity index (χ0) is 15.5. The van der Waals surface area contributed by atoms with Crippen LogP contribution in [0, 0.1) is 0 Å². The van der Waals surface area contributed by atoms with Gasteiger partial charge in [-0.2, -0.15) is 0 Å². The Bertz CT molecular complexity index is 424. The van der Waals surface area contributed by atoms with Crippen molar-refractivity contribution < 1.29 is 14.3 Å². The maximum absolute atomic E-state index is 11.9. The van der Waals surface area contributed by atoms with Crippen LogP contribution in [0.3, 0.4) is 0 Å². The van der Waals surface area contributed by atoms with Crippen molar-refractivity contribution in [3.8, 4) is 11.5 Å². The lowest BCUT2D eigenvalue weighted by Crippen LogP contribution is -2.42. The second-order valence-corrected chi connectivity index (χ2v) is 4.81. The first kappa shape index (κ1) is 17.3. The number of unbranched alkanes of at least 4 members (excludes halogenated alkanes) is 1. The summed E-state index contributed by atoms with van der Waals surface area (Å²) in [5.74, 6) is 1.06. The summed E-state index contributed by atoms with van der Waals surface area (Å²) in [4.78, 5) is 11.9. The zero-order valence-electron chi connectivity index (χ0n) is 12.9. The third-order valence-corrected chi connectivity index (χ3v) is 3.06. The van der Waals surface area contributed by atoms with Gasteiger partial charge in [0, 0.05) is 12.6 Å². The van der Waals surface area contributed by atoms with Crippen molar-refractivity contribution in [2.24, 2.45) is 5.73 Å². The molecular formula is C16H26N2O3. The summed E-state index contributed by atoms with van der Waals surface area (Å²) in [6, 6.07) is 7.34. The summed E-state index contributed by atoms with van der Waals surface area (Å²) in [5, 5.41) is 2.89. The van der Waals surface area contributed by atoms with Gasteiger partial charge in [0.2, 0.25) is 0 Å². The molecule has 1 unspecified atom stereocenters. The van der Waals surface area contributed by atoms with Crippen molar-refractivity contribution in [1.29, 1.82) is 0 Å². The molecule has 1 amide bonds. The van der Waals surface area contributed by atoms with Crippen molar-refractivity contribution in [2.45, 2.75) is 39.2 Å². The van der Waals surface area contributed by atoms with Gasteiger partial charge in [-0.25, -0.2) is 0 Å². The van der Waals surface area contributed by atoms with Gasteiger partial charge in [0.1, 0.15) is 0 Å². The highest BCUT2D eigenvalue weighted by Gasteiger charge is 2.12. The van der Waals surface area contributed by atoms with Crippen LogP contribution in [0.15, 0.2) is 24.3 Å². The third-order valence-electron chi connectivity index (χ3n) is 3.06. The first-order valence-corrected chi connectivity index (χ1v) is 7.55. The summed E-state index contributed by atoms with van der Waals surface area (Å²) >= 11 is 0. The van der Waals surface area contributed by atoms with E-state index in [2.05, 4.69) is 12.2 Å². The fourth-order valence-electron chi connectivity index (χ4n) is 1.96. The topological polar surface area (TPSA) is 73.6 Å². The molecule has 5 nitrogen and oxygen atoms in total. The normalized spacial score (nSPS) is 11.8. The van der Waals surface area contributed by atoms with E-state index in [9.17, 15) is 4.79 Å². The number of nitrogens with two attached hydrogens (primary N) is 1. The second kappa shape index (κ2) is 10.0. The van der Waals surface area contributed by atoms with Gasteiger partial charge >= 0.3 is 0 Å². The molecule has 0 saturated heterocycles. The fourth-order valence-corrected chi connectivity index (χ4v) is 1.96. The number of rotatable bonds is 10. The standard InChI is InChI=1S/C16H26N2O3/c1-3-5-8-13(11-17)18-16(19)12-21-15-10-7-6-9-14(15)20-4-2/h6-7,9-10,13H,3-5,8,11-12,17H2,1-2H3,(H,18,19). The number of amides is 1. The van der Waals surface area contributed by atoms with Crippen LogP contribution in [-0.4, -0.2) is 31.7 Å². The third kappa shape index (κ3) is 6.49. The molecule has 3 N–H and O–H groups in total. The maximum atomic E-state index is 11.9. The molecule has 1 aromatic rings. The van der Waals surface area contributed by atoms with Gasteiger partial charge in [-0.05, 0) is 25.5 Å². The molecule has 21 heavy (non-hydrogen) atoms. The minimum absolute atomic E-state index is 0.0168. The molecule has 1 rings (SSSR count). The summed E-state index contributed by atoms with van der Waals surface area (Å²) in [6.45, 7) is 4.99. The number of nitrogens with one attached hydrogen (secondary N) is 1. The Morgan fingerprint density at radius 1 is 1.24 bits per heavy atom. The van der Waals surface area contributed by atoms with Crippen LogP contribution in [-0.2, 0) is 4.79 Å². The molecule has 0 aliphatic rings. The summed E-state index contributed by atoms with van der Waals surface area (Å²) in [7, 11) is 0. The molecule has 0 saturated carbocycles. The molecule has 5 heteroatoms. The lowest BCUT2D eigenvalue weighted by molar-refractivity contribution is -0.123. The minimum Gasteiger partial charge on any atom is -0.490 e. The summed E-state index contributed by atoms with van der Waals surface area (Å²) < 4.78 is 11.0. The number of hydrogen-bond donors (Lipinski definition) is 2. The van der Waals surface area contributed by atoms with Crippen LogP contribution in [0.5, 0.6) is 11.5 Å². The van der Waals surface area contributed by atoms with E-state index in [1.54, 1.807) is 6.07 Å².